The van der Waals surface area contributed by atoms with E-state index in [-0.39, 0.29) is 52.7 Å². The molecule has 0 aromatic rings. The average Bonchev–Trinajstić information content (AvgIpc) is 3.14. The van der Waals surface area contributed by atoms with Gasteiger partial charge in [-0.3, -0.25) is 9.59 Å². The van der Waals surface area contributed by atoms with Crippen LogP contribution in [0.15, 0.2) is 23.8 Å². The van der Waals surface area contributed by atoms with Gasteiger partial charge in [0.2, 0.25) is 0 Å². The fourth-order valence-electron chi connectivity index (χ4n) is 8.83. The molecular weight excluding hydrogens is 432 g/mol. The molecule has 0 aromatic carbocycles. The number of ether oxygens (including phenoxy) is 1. The van der Waals surface area contributed by atoms with Gasteiger partial charge in [0.25, 0.3) is 0 Å². The first kappa shape index (κ1) is 24.2. The topological polar surface area (TPSA) is 104 Å². The molecule has 3 fully saturated rings. The first-order chi connectivity index (χ1) is 15.8. The van der Waals surface area contributed by atoms with Crippen molar-refractivity contribution in [3.05, 3.63) is 23.8 Å². The molecule has 188 valence electrons. The number of carbonyl (C=O) groups excluding carboxylic acids is 2. The third-order valence-electron chi connectivity index (χ3n) is 11.1. The molecule has 5 aliphatic rings. The van der Waals surface area contributed by atoms with Crippen molar-refractivity contribution in [1.29, 1.82) is 0 Å². The van der Waals surface area contributed by atoms with Gasteiger partial charge >= 0.3 is 5.97 Å². The van der Waals surface area contributed by atoms with Gasteiger partial charge in [-0.1, -0.05) is 26.8 Å². The molecular formula is C28H40O6. The Labute approximate surface area is 202 Å². The minimum atomic E-state index is -1.16. The zero-order valence-electron chi connectivity index (χ0n) is 21.0. The molecule has 6 heteroatoms. The molecule has 5 rings (SSSR count). The predicted molar refractivity (Wildman–Crippen MR) is 126 cm³/mol. The highest BCUT2D eigenvalue weighted by atomic mass is 16.6. The van der Waals surface area contributed by atoms with E-state index in [2.05, 4.69) is 6.92 Å². The quantitative estimate of drug-likeness (QED) is 0.421. The summed E-state index contributed by atoms with van der Waals surface area (Å²) >= 11 is 0. The van der Waals surface area contributed by atoms with Crippen LogP contribution in [0.25, 0.3) is 0 Å². The van der Waals surface area contributed by atoms with E-state index >= 15 is 0 Å². The van der Waals surface area contributed by atoms with Crippen molar-refractivity contribution < 1.29 is 29.6 Å². The Balaban J connectivity index is 1.47. The monoisotopic (exact) mass is 472 g/mol. The van der Waals surface area contributed by atoms with E-state index in [1.807, 2.05) is 27.7 Å². The molecule has 0 aromatic heterocycles. The first-order valence-electron chi connectivity index (χ1n) is 13.1. The molecule has 6 nitrogen and oxygen atoms in total. The van der Waals surface area contributed by atoms with Crippen molar-refractivity contribution in [2.45, 2.75) is 90.6 Å². The Hall–Kier alpha value is -1.50. The van der Waals surface area contributed by atoms with Crippen LogP contribution in [0.2, 0.25) is 0 Å². The number of fused-ring (bicyclic) bond motifs is 5. The Bertz CT molecular complexity index is 951. The van der Waals surface area contributed by atoms with Crippen LogP contribution in [0.5, 0.6) is 0 Å². The number of hydrogen-bond acceptors (Lipinski definition) is 6. The minimum Gasteiger partial charge on any atom is -0.459 e. The summed E-state index contributed by atoms with van der Waals surface area (Å²) in [6, 6.07) is 0. The third kappa shape index (κ3) is 3.10. The second-order valence-electron chi connectivity index (χ2n) is 12.6. The van der Waals surface area contributed by atoms with Crippen molar-refractivity contribution in [2.24, 2.45) is 46.3 Å². The van der Waals surface area contributed by atoms with Crippen LogP contribution < -0.4 is 0 Å². The van der Waals surface area contributed by atoms with Gasteiger partial charge in [0.15, 0.2) is 5.78 Å². The maximum atomic E-state index is 13.1. The lowest BCUT2D eigenvalue weighted by Crippen LogP contribution is -2.60. The maximum absolute atomic E-state index is 13.1. The normalized spacial score (nSPS) is 52.1. The van der Waals surface area contributed by atoms with Crippen LogP contribution in [0, 0.1) is 46.3 Å². The van der Waals surface area contributed by atoms with Crippen LogP contribution in [-0.4, -0.2) is 51.0 Å². The molecule has 1 saturated heterocycles. The fourth-order valence-corrected chi connectivity index (χ4v) is 8.83. The zero-order chi connectivity index (χ0) is 24.8. The fraction of sp³-hybridized carbons (Fsp3) is 0.786. The van der Waals surface area contributed by atoms with Crippen molar-refractivity contribution in [1.82, 2.24) is 0 Å². The summed E-state index contributed by atoms with van der Waals surface area (Å²) in [5.41, 5.74) is -1.57. The highest BCUT2D eigenvalue weighted by Crippen LogP contribution is 2.67. The molecule has 1 aliphatic heterocycles. The SMILES string of the molecule is C[C@H]1C[C@@H]([C@](C)(O)[C@H]2CC[C@H]3[C@@H]4[C@@H](O)C=C5[C@@H](O)C=CC(=O)[C@]5(C)[C@H]4CC[C@]23C)OC(=O)[C@@H]1C. The van der Waals surface area contributed by atoms with Crippen LogP contribution in [0.1, 0.15) is 66.7 Å². The zero-order valence-corrected chi connectivity index (χ0v) is 21.0. The Morgan fingerprint density at radius 3 is 2.47 bits per heavy atom. The highest BCUT2D eigenvalue weighted by molar-refractivity contribution is 5.99. The number of aliphatic hydroxyl groups is 3. The van der Waals surface area contributed by atoms with E-state index in [0.29, 0.717) is 12.0 Å². The molecule has 12 atom stereocenters. The molecule has 0 amide bonds. The standard InChI is InChI=1S/C28H40O6/c1-14-12-23(34-25(32)15(14)2)28(5,33)21-8-6-16-24-17(10-11-26(16,21)3)27(4)18(13-20(24)30)19(29)7-9-22(27)31/h7,9,13-17,19-21,23-24,29-30,33H,6,8,10-12H2,1-5H3/t14-,15+,16-,17-,19-,20-,21-,23-,24-,26-,27+,28+/m0/s1. The van der Waals surface area contributed by atoms with E-state index < -0.39 is 29.3 Å². The number of esters is 1. The summed E-state index contributed by atoms with van der Waals surface area (Å²) < 4.78 is 5.78. The summed E-state index contributed by atoms with van der Waals surface area (Å²) in [6.45, 7) is 9.93. The van der Waals surface area contributed by atoms with Gasteiger partial charge in [-0.25, -0.2) is 0 Å². The molecule has 0 spiro atoms. The van der Waals surface area contributed by atoms with E-state index in [9.17, 15) is 24.9 Å². The lowest BCUT2D eigenvalue weighted by Gasteiger charge is -2.59. The molecule has 1 heterocycles. The molecule has 3 N–H and O–H groups in total. The van der Waals surface area contributed by atoms with Crippen LogP contribution in [-0.2, 0) is 14.3 Å². The first-order valence-corrected chi connectivity index (χ1v) is 13.1. The summed E-state index contributed by atoms with van der Waals surface area (Å²) in [5.74, 6) is -0.323. The number of hydrogen-bond donors (Lipinski definition) is 3. The van der Waals surface area contributed by atoms with E-state index in [4.69, 9.17) is 4.74 Å². The molecule has 4 aliphatic carbocycles. The third-order valence-corrected chi connectivity index (χ3v) is 11.1. The van der Waals surface area contributed by atoms with Crippen molar-refractivity contribution in [3.8, 4) is 0 Å². The molecule has 0 radical (unpaired) electrons. The van der Waals surface area contributed by atoms with Gasteiger partial charge in [-0.2, -0.15) is 0 Å². The van der Waals surface area contributed by atoms with E-state index in [0.717, 1.165) is 25.7 Å². The summed E-state index contributed by atoms with van der Waals surface area (Å²) in [4.78, 5) is 25.6. The number of ketones is 1. The number of carbonyl (C=O) groups is 2. The van der Waals surface area contributed by atoms with Crippen molar-refractivity contribution >= 4 is 11.8 Å². The van der Waals surface area contributed by atoms with Crippen LogP contribution in [0.3, 0.4) is 0 Å². The second-order valence-corrected chi connectivity index (χ2v) is 12.6. The molecule has 34 heavy (non-hydrogen) atoms. The Kier molecular flexibility index (Phi) is 5.52. The van der Waals surface area contributed by atoms with Gasteiger partial charge in [0, 0.05) is 0 Å². The summed E-state index contributed by atoms with van der Waals surface area (Å²) in [7, 11) is 0. The predicted octanol–water partition coefficient (Wildman–Crippen LogP) is 3.19. The van der Waals surface area contributed by atoms with Crippen LogP contribution in [0.4, 0.5) is 0 Å². The smallest absolute Gasteiger partial charge is 0.309 e. The van der Waals surface area contributed by atoms with E-state index in [1.165, 1.54) is 12.2 Å². The Morgan fingerprint density at radius 2 is 1.79 bits per heavy atom. The van der Waals surface area contributed by atoms with Crippen molar-refractivity contribution in [3.63, 3.8) is 0 Å². The largest absolute Gasteiger partial charge is 0.459 e. The summed E-state index contributed by atoms with van der Waals surface area (Å²) in [6.07, 6.45) is 6.53. The number of cyclic esters (lactones) is 1. The van der Waals surface area contributed by atoms with Gasteiger partial charge in [-0.05, 0) is 98.7 Å². The number of allylic oxidation sites excluding steroid dienone is 1. The van der Waals surface area contributed by atoms with Gasteiger partial charge in [0.1, 0.15) is 11.7 Å². The van der Waals surface area contributed by atoms with Gasteiger partial charge < -0.3 is 20.1 Å². The maximum Gasteiger partial charge on any atom is 0.309 e. The van der Waals surface area contributed by atoms with Gasteiger partial charge in [-0.15, -0.1) is 0 Å². The lowest BCUT2D eigenvalue weighted by atomic mass is 9.46. The summed E-state index contributed by atoms with van der Waals surface area (Å²) in [5, 5.41) is 33.8. The van der Waals surface area contributed by atoms with E-state index in [1.54, 1.807) is 6.08 Å². The average molecular weight is 473 g/mol. The number of rotatable bonds is 2. The molecule has 0 unspecified atom stereocenters. The molecule has 2 saturated carbocycles. The van der Waals surface area contributed by atoms with Crippen molar-refractivity contribution in [2.75, 3.05) is 0 Å². The van der Waals surface area contributed by atoms with Gasteiger partial charge in [0.05, 0.1) is 23.5 Å². The lowest BCUT2D eigenvalue weighted by molar-refractivity contribution is -0.202. The minimum absolute atomic E-state index is 0.00771. The van der Waals surface area contributed by atoms with Crippen LogP contribution >= 0.6 is 0 Å². The highest BCUT2D eigenvalue weighted by Gasteiger charge is 2.65. The second kappa shape index (κ2) is 7.75. The number of aliphatic hydroxyl groups excluding tert-OH is 2. The Morgan fingerprint density at radius 1 is 1.09 bits per heavy atom. The molecule has 0 bridgehead atoms.